The molecule has 1 saturated heterocycles. The van der Waals surface area contributed by atoms with Gasteiger partial charge in [-0.15, -0.1) is 12.4 Å². The first-order valence-electron chi connectivity index (χ1n) is 7.62. The van der Waals surface area contributed by atoms with E-state index in [1.165, 1.54) is 0 Å². The topological polar surface area (TPSA) is 70.2 Å². The van der Waals surface area contributed by atoms with Gasteiger partial charge in [-0.25, -0.2) is 0 Å². The molecular weight excluding hydrogens is 337 g/mol. The molecule has 1 fully saturated rings. The normalized spacial score (nSPS) is 14.7. The van der Waals surface area contributed by atoms with E-state index in [1.807, 2.05) is 0 Å². The summed E-state index contributed by atoms with van der Waals surface area (Å²) in [5, 5.41) is 9.01. The highest BCUT2D eigenvalue weighted by atomic mass is 35.5. The second kappa shape index (κ2) is 9.75. The molecule has 0 spiro atoms. The molecule has 23 heavy (non-hydrogen) atoms. The molecule has 1 aromatic carbocycles. The van der Waals surface area contributed by atoms with Gasteiger partial charge in [0.2, 0.25) is 5.91 Å². The lowest BCUT2D eigenvalue weighted by atomic mass is 9.93. The second-order valence-corrected chi connectivity index (χ2v) is 5.96. The number of benzene rings is 1. The predicted molar refractivity (Wildman–Crippen MR) is 95.5 cm³/mol. The predicted octanol–water partition coefficient (Wildman–Crippen LogP) is 2.84. The zero-order chi connectivity index (χ0) is 15.9. The minimum atomic E-state index is -0.242. The van der Waals surface area contributed by atoms with Crippen LogP contribution in [0.25, 0.3) is 0 Å². The highest BCUT2D eigenvalue weighted by Gasteiger charge is 2.15. The van der Waals surface area contributed by atoms with Crippen molar-refractivity contribution in [3.05, 3.63) is 28.8 Å². The van der Waals surface area contributed by atoms with Gasteiger partial charge >= 0.3 is 0 Å². The Morgan fingerprint density at radius 1 is 1.30 bits per heavy atom. The number of anilines is 1. The van der Waals surface area contributed by atoms with Crippen LogP contribution in [0.5, 0.6) is 0 Å². The van der Waals surface area contributed by atoms with Gasteiger partial charge in [0.1, 0.15) is 0 Å². The van der Waals surface area contributed by atoms with Crippen molar-refractivity contribution in [2.75, 3.05) is 25.5 Å². The highest BCUT2D eigenvalue weighted by Crippen LogP contribution is 2.22. The highest BCUT2D eigenvalue weighted by molar-refractivity contribution is 6.34. The molecule has 0 aromatic heterocycles. The van der Waals surface area contributed by atoms with Crippen molar-refractivity contribution in [3.63, 3.8) is 0 Å². The molecule has 0 unspecified atom stereocenters. The summed E-state index contributed by atoms with van der Waals surface area (Å²) in [5.74, 6) is 0.377. The van der Waals surface area contributed by atoms with Gasteiger partial charge in [-0.1, -0.05) is 11.6 Å². The number of hydrogen-bond acceptors (Lipinski definition) is 3. The summed E-state index contributed by atoms with van der Waals surface area (Å²) in [6, 6.07) is 4.91. The first kappa shape index (κ1) is 19.7. The molecule has 2 amide bonds. The Morgan fingerprint density at radius 2 is 2.00 bits per heavy atom. The average molecular weight is 360 g/mol. The van der Waals surface area contributed by atoms with Gasteiger partial charge < -0.3 is 16.0 Å². The summed E-state index contributed by atoms with van der Waals surface area (Å²) in [7, 11) is 1.55. The molecule has 1 heterocycles. The Hall–Kier alpha value is -1.30. The SMILES string of the molecule is CNC(=O)c1ccc(NC(=O)CCC2CCNCC2)cc1Cl.Cl. The van der Waals surface area contributed by atoms with E-state index in [0.717, 1.165) is 32.4 Å². The Morgan fingerprint density at radius 3 is 2.61 bits per heavy atom. The van der Waals surface area contributed by atoms with Crippen molar-refractivity contribution >= 4 is 41.5 Å². The summed E-state index contributed by atoms with van der Waals surface area (Å²) in [4.78, 5) is 23.5. The maximum Gasteiger partial charge on any atom is 0.252 e. The number of piperidine rings is 1. The number of nitrogens with one attached hydrogen (secondary N) is 3. The van der Waals surface area contributed by atoms with Gasteiger partial charge in [0.15, 0.2) is 0 Å². The summed E-state index contributed by atoms with van der Waals surface area (Å²) in [6.07, 6.45) is 3.71. The Labute approximate surface area is 148 Å². The van der Waals surface area contributed by atoms with E-state index >= 15 is 0 Å². The minimum absolute atomic E-state index is 0. The van der Waals surface area contributed by atoms with Gasteiger partial charge in [-0.2, -0.15) is 0 Å². The standard InChI is InChI=1S/C16H22ClN3O2.ClH/c1-18-16(22)13-4-3-12(10-14(13)17)20-15(21)5-2-11-6-8-19-9-7-11;/h3-4,10-11,19H,2,5-9H2,1H3,(H,18,22)(H,20,21);1H. The van der Waals surface area contributed by atoms with E-state index in [2.05, 4.69) is 16.0 Å². The molecule has 0 atom stereocenters. The first-order valence-corrected chi connectivity index (χ1v) is 8.00. The van der Waals surface area contributed by atoms with Crippen molar-refractivity contribution in [2.45, 2.75) is 25.7 Å². The van der Waals surface area contributed by atoms with Crippen molar-refractivity contribution < 1.29 is 9.59 Å². The average Bonchev–Trinajstić information content (AvgIpc) is 2.53. The lowest BCUT2D eigenvalue weighted by Gasteiger charge is -2.22. The molecule has 128 valence electrons. The van der Waals surface area contributed by atoms with E-state index in [0.29, 0.717) is 28.6 Å². The van der Waals surface area contributed by atoms with Crippen LogP contribution in [-0.2, 0) is 4.79 Å². The molecular formula is C16H23Cl2N3O2. The largest absolute Gasteiger partial charge is 0.355 e. The quantitative estimate of drug-likeness (QED) is 0.756. The third-order valence-electron chi connectivity index (χ3n) is 3.96. The van der Waals surface area contributed by atoms with Gasteiger partial charge in [0.05, 0.1) is 10.6 Å². The summed E-state index contributed by atoms with van der Waals surface area (Å²) < 4.78 is 0. The van der Waals surface area contributed by atoms with Crippen LogP contribution in [0.3, 0.4) is 0 Å². The van der Waals surface area contributed by atoms with Gasteiger partial charge in [0, 0.05) is 19.2 Å². The molecule has 5 nitrogen and oxygen atoms in total. The van der Waals surface area contributed by atoms with Crippen molar-refractivity contribution in [1.82, 2.24) is 10.6 Å². The number of carbonyl (C=O) groups excluding carboxylic acids is 2. The lowest BCUT2D eigenvalue weighted by Crippen LogP contribution is -2.28. The van der Waals surface area contributed by atoms with Crippen LogP contribution in [-0.4, -0.2) is 32.0 Å². The van der Waals surface area contributed by atoms with E-state index in [9.17, 15) is 9.59 Å². The maximum atomic E-state index is 12.0. The van der Waals surface area contributed by atoms with Crippen LogP contribution in [0.15, 0.2) is 18.2 Å². The lowest BCUT2D eigenvalue weighted by molar-refractivity contribution is -0.116. The Balaban J connectivity index is 0.00000264. The second-order valence-electron chi connectivity index (χ2n) is 5.55. The van der Waals surface area contributed by atoms with Crippen molar-refractivity contribution in [1.29, 1.82) is 0 Å². The van der Waals surface area contributed by atoms with E-state index in [4.69, 9.17) is 11.6 Å². The van der Waals surface area contributed by atoms with Crippen LogP contribution < -0.4 is 16.0 Å². The molecule has 0 saturated carbocycles. The fraction of sp³-hybridized carbons (Fsp3) is 0.500. The third kappa shape index (κ3) is 6.01. The Kier molecular flexibility index (Phi) is 8.37. The summed E-state index contributed by atoms with van der Waals surface area (Å²) >= 11 is 6.07. The van der Waals surface area contributed by atoms with Crippen LogP contribution in [0.4, 0.5) is 5.69 Å². The number of halogens is 2. The van der Waals surface area contributed by atoms with Gasteiger partial charge in [0.25, 0.3) is 5.91 Å². The van der Waals surface area contributed by atoms with Crippen LogP contribution in [0.2, 0.25) is 5.02 Å². The molecule has 1 aromatic rings. The number of rotatable bonds is 5. The fourth-order valence-corrected chi connectivity index (χ4v) is 2.91. The maximum absolute atomic E-state index is 12.0. The van der Waals surface area contributed by atoms with E-state index < -0.39 is 0 Å². The summed E-state index contributed by atoms with van der Waals surface area (Å²) in [5.41, 5.74) is 1.02. The molecule has 0 bridgehead atoms. The smallest absolute Gasteiger partial charge is 0.252 e. The zero-order valence-corrected chi connectivity index (χ0v) is 14.7. The number of amides is 2. The van der Waals surface area contributed by atoms with Gasteiger partial charge in [-0.3, -0.25) is 9.59 Å². The minimum Gasteiger partial charge on any atom is -0.355 e. The molecule has 2 rings (SSSR count). The van der Waals surface area contributed by atoms with E-state index in [-0.39, 0.29) is 24.2 Å². The molecule has 1 aliphatic heterocycles. The molecule has 7 heteroatoms. The monoisotopic (exact) mass is 359 g/mol. The molecule has 1 aliphatic rings. The van der Waals surface area contributed by atoms with Gasteiger partial charge in [-0.05, 0) is 56.5 Å². The first-order chi connectivity index (χ1) is 10.6. The fourth-order valence-electron chi connectivity index (χ4n) is 2.64. The number of hydrogen-bond donors (Lipinski definition) is 3. The Bertz CT molecular complexity index is 546. The van der Waals surface area contributed by atoms with E-state index in [1.54, 1.807) is 25.2 Å². The van der Waals surface area contributed by atoms with Crippen LogP contribution >= 0.6 is 24.0 Å². The molecule has 0 radical (unpaired) electrons. The van der Waals surface area contributed by atoms with Crippen LogP contribution in [0.1, 0.15) is 36.0 Å². The van der Waals surface area contributed by atoms with Crippen LogP contribution in [0, 0.1) is 5.92 Å². The van der Waals surface area contributed by atoms with Crippen molar-refractivity contribution in [3.8, 4) is 0 Å². The third-order valence-corrected chi connectivity index (χ3v) is 4.28. The summed E-state index contributed by atoms with van der Waals surface area (Å²) in [6.45, 7) is 2.09. The number of carbonyl (C=O) groups is 2. The molecule has 3 N–H and O–H groups in total. The zero-order valence-electron chi connectivity index (χ0n) is 13.2. The molecule has 0 aliphatic carbocycles. The van der Waals surface area contributed by atoms with Crippen molar-refractivity contribution in [2.24, 2.45) is 5.92 Å².